The summed E-state index contributed by atoms with van der Waals surface area (Å²) in [5.41, 5.74) is 2.66. The van der Waals surface area contributed by atoms with E-state index in [1.807, 2.05) is 4.52 Å². The first-order chi connectivity index (χ1) is 14.6. The minimum Gasteiger partial charge on any atom is -0.334 e. The van der Waals surface area contributed by atoms with Crippen molar-refractivity contribution >= 4 is 22.3 Å². The molecule has 1 aliphatic rings. The number of nitrogens with zero attached hydrogens (tertiary/aromatic N) is 4. The van der Waals surface area contributed by atoms with Crippen molar-refractivity contribution in [2.45, 2.75) is 19.5 Å². The average molecular weight is 425 g/mol. The number of hydrogen-bond acceptors (Lipinski definition) is 4. The zero-order chi connectivity index (χ0) is 20.7. The molecule has 5 rings (SSSR count). The third kappa shape index (κ3) is 3.52. The molecule has 2 aromatic heterocycles. The van der Waals surface area contributed by atoms with E-state index < -0.39 is 0 Å². The minimum atomic E-state index is -0.299. The van der Waals surface area contributed by atoms with Crippen molar-refractivity contribution in [3.05, 3.63) is 76.3 Å². The molecule has 4 aromatic rings. The summed E-state index contributed by atoms with van der Waals surface area (Å²) in [4.78, 5) is 20.7. The Morgan fingerprint density at radius 1 is 1.07 bits per heavy atom. The first-order valence-electron chi connectivity index (χ1n) is 9.47. The number of benzene rings is 2. The van der Waals surface area contributed by atoms with Crippen LogP contribution in [0.5, 0.6) is 0 Å². The number of amides is 2. The maximum absolute atomic E-state index is 13.1. The minimum absolute atomic E-state index is 0.157. The Labute approximate surface area is 174 Å². The molecule has 30 heavy (non-hydrogen) atoms. The zero-order valence-electron chi connectivity index (χ0n) is 15.8. The van der Waals surface area contributed by atoms with Crippen molar-refractivity contribution in [2.75, 3.05) is 6.54 Å². The van der Waals surface area contributed by atoms with Crippen LogP contribution in [-0.4, -0.2) is 32.1 Å². The van der Waals surface area contributed by atoms with Crippen LogP contribution in [0.25, 0.3) is 16.3 Å². The topological polar surface area (TPSA) is 62.5 Å². The van der Waals surface area contributed by atoms with Gasteiger partial charge in [0.15, 0.2) is 5.82 Å². The number of hydrogen-bond donors (Lipinski definition) is 1. The zero-order valence-corrected chi connectivity index (χ0v) is 16.6. The number of rotatable bonds is 3. The van der Waals surface area contributed by atoms with E-state index in [-0.39, 0.29) is 17.7 Å². The summed E-state index contributed by atoms with van der Waals surface area (Å²) >= 11 is 1.51. The second-order valence-corrected chi connectivity index (χ2v) is 8.13. The highest BCUT2D eigenvalue weighted by atomic mass is 32.1. The second kappa shape index (κ2) is 7.49. The molecule has 0 bridgehead atoms. The summed E-state index contributed by atoms with van der Waals surface area (Å²) in [6.45, 7) is 1.41. The lowest BCUT2D eigenvalue weighted by atomic mass is 10.2. The monoisotopic (exact) mass is 425 g/mol. The predicted molar refractivity (Wildman–Crippen MR) is 109 cm³/mol. The van der Waals surface area contributed by atoms with Crippen molar-refractivity contribution in [1.82, 2.24) is 24.8 Å². The molecular weight excluding hydrogens is 408 g/mol. The van der Waals surface area contributed by atoms with E-state index in [2.05, 4.69) is 15.4 Å². The number of halogens is 2. The van der Waals surface area contributed by atoms with Crippen LogP contribution < -0.4 is 5.32 Å². The first-order valence-corrected chi connectivity index (χ1v) is 10.3. The highest BCUT2D eigenvalue weighted by Gasteiger charge is 2.26. The molecule has 2 amide bonds. The molecular formula is C21H17F2N5OS. The van der Waals surface area contributed by atoms with Crippen molar-refractivity contribution in [1.29, 1.82) is 0 Å². The summed E-state index contributed by atoms with van der Waals surface area (Å²) < 4.78 is 28.0. The Morgan fingerprint density at radius 2 is 1.77 bits per heavy atom. The van der Waals surface area contributed by atoms with Gasteiger partial charge in [0.25, 0.3) is 0 Å². The molecule has 152 valence electrons. The quantitative estimate of drug-likeness (QED) is 0.540. The van der Waals surface area contributed by atoms with E-state index in [1.165, 1.54) is 35.6 Å². The van der Waals surface area contributed by atoms with Crippen LogP contribution in [0, 0.1) is 11.6 Å². The average Bonchev–Trinajstić information content (AvgIpc) is 3.31. The van der Waals surface area contributed by atoms with Crippen LogP contribution in [-0.2, 0) is 19.5 Å². The molecule has 1 N–H and O–H groups in total. The Morgan fingerprint density at radius 3 is 2.50 bits per heavy atom. The Kier molecular flexibility index (Phi) is 4.66. The Bertz CT molecular complexity index is 1220. The maximum atomic E-state index is 13.1. The van der Waals surface area contributed by atoms with Gasteiger partial charge in [-0.15, -0.1) is 5.10 Å². The predicted octanol–water partition coefficient (Wildman–Crippen LogP) is 4.00. The summed E-state index contributed by atoms with van der Waals surface area (Å²) in [5.74, 6) is -0.0361. The van der Waals surface area contributed by atoms with E-state index >= 15 is 0 Å². The van der Waals surface area contributed by atoms with Gasteiger partial charge >= 0.3 is 6.03 Å². The summed E-state index contributed by atoms with van der Waals surface area (Å²) in [6.07, 6.45) is 0.672. The molecule has 0 radical (unpaired) electrons. The fourth-order valence-electron chi connectivity index (χ4n) is 3.48. The molecule has 9 heteroatoms. The van der Waals surface area contributed by atoms with Crippen LogP contribution in [0.4, 0.5) is 13.6 Å². The molecule has 0 saturated heterocycles. The maximum Gasteiger partial charge on any atom is 0.318 e. The SMILES string of the molecule is O=C(NCc1ccc(F)cc1)N1CCc2c(sc3nc(-c4ccc(F)cc4)nn23)C1. The number of carbonyl (C=O) groups excluding carboxylic acids is 1. The molecule has 6 nitrogen and oxygen atoms in total. The highest BCUT2D eigenvalue weighted by molar-refractivity contribution is 7.17. The molecule has 0 saturated carbocycles. The van der Waals surface area contributed by atoms with E-state index in [4.69, 9.17) is 0 Å². The molecule has 1 aliphatic heterocycles. The molecule has 0 fully saturated rings. The van der Waals surface area contributed by atoms with Gasteiger partial charge in [0.2, 0.25) is 4.96 Å². The van der Waals surface area contributed by atoms with Gasteiger partial charge in [0.05, 0.1) is 12.2 Å². The second-order valence-electron chi connectivity index (χ2n) is 7.07. The lowest BCUT2D eigenvalue weighted by Crippen LogP contribution is -2.42. The summed E-state index contributed by atoms with van der Waals surface area (Å²) in [5, 5.41) is 7.46. The number of fused-ring (bicyclic) bond motifs is 3. The van der Waals surface area contributed by atoms with Gasteiger partial charge in [-0.3, -0.25) is 0 Å². The lowest BCUT2D eigenvalue weighted by Gasteiger charge is -2.26. The number of urea groups is 1. The lowest BCUT2D eigenvalue weighted by molar-refractivity contribution is 0.192. The summed E-state index contributed by atoms with van der Waals surface area (Å²) in [7, 11) is 0. The Balaban J connectivity index is 1.29. The van der Waals surface area contributed by atoms with Crippen LogP contribution in [0.1, 0.15) is 16.1 Å². The van der Waals surface area contributed by atoms with Crippen molar-refractivity contribution in [3.63, 3.8) is 0 Å². The number of nitrogens with one attached hydrogen (secondary N) is 1. The Hall–Kier alpha value is -3.33. The highest BCUT2D eigenvalue weighted by Crippen LogP contribution is 2.29. The summed E-state index contributed by atoms with van der Waals surface area (Å²) in [6, 6.07) is 12.0. The van der Waals surface area contributed by atoms with Crippen LogP contribution in [0.2, 0.25) is 0 Å². The molecule has 0 spiro atoms. The van der Waals surface area contributed by atoms with Crippen LogP contribution in [0.15, 0.2) is 48.5 Å². The van der Waals surface area contributed by atoms with Gasteiger partial charge in [0, 0.05) is 30.0 Å². The van der Waals surface area contributed by atoms with E-state index in [9.17, 15) is 13.6 Å². The van der Waals surface area contributed by atoms with Crippen molar-refractivity contribution in [2.24, 2.45) is 0 Å². The molecule has 0 aliphatic carbocycles. The van der Waals surface area contributed by atoms with Gasteiger partial charge < -0.3 is 10.2 Å². The van der Waals surface area contributed by atoms with E-state index in [1.54, 1.807) is 29.2 Å². The van der Waals surface area contributed by atoms with Crippen LogP contribution in [0.3, 0.4) is 0 Å². The normalized spacial score (nSPS) is 13.5. The molecule has 0 unspecified atom stereocenters. The van der Waals surface area contributed by atoms with Gasteiger partial charge in [-0.05, 0) is 42.0 Å². The van der Waals surface area contributed by atoms with Crippen LogP contribution >= 0.6 is 11.3 Å². The largest absolute Gasteiger partial charge is 0.334 e. The number of carbonyl (C=O) groups is 1. The number of thiazole rings is 1. The third-order valence-electron chi connectivity index (χ3n) is 5.07. The van der Waals surface area contributed by atoms with Gasteiger partial charge in [-0.1, -0.05) is 23.5 Å². The van der Waals surface area contributed by atoms with Gasteiger partial charge in [-0.25, -0.2) is 18.1 Å². The van der Waals surface area contributed by atoms with E-state index in [0.717, 1.165) is 26.7 Å². The van der Waals surface area contributed by atoms with Gasteiger partial charge in [0.1, 0.15) is 11.6 Å². The first kappa shape index (κ1) is 18.7. The molecule has 0 atom stereocenters. The molecule has 3 heterocycles. The number of aromatic nitrogens is 3. The van der Waals surface area contributed by atoms with E-state index in [0.29, 0.717) is 31.9 Å². The smallest absolute Gasteiger partial charge is 0.318 e. The fourth-order valence-corrected chi connectivity index (χ4v) is 4.59. The third-order valence-corrected chi connectivity index (χ3v) is 6.13. The fraction of sp³-hybridized carbons (Fsp3) is 0.190. The standard InChI is InChI=1S/C21H17F2N5OS/c22-15-5-1-13(2-6-15)11-24-20(29)27-10-9-17-18(12-27)30-21-25-19(26-28(17)21)14-3-7-16(23)8-4-14/h1-8H,9-12H2,(H,24,29). The van der Waals surface area contributed by atoms with Gasteiger partial charge in [-0.2, -0.15) is 4.98 Å². The van der Waals surface area contributed by atoms with Crippen molar-refractivity contribution < 1.29 is 13.6 Å². The molecule has 2 aromatic carbocycles. The van der Waals surface area contributed by atoms with Crippen molar-refractivity contribution in [3.8, 4) is 11.4 Å².